The lowest BCUT2D eigenvalue weighted by Crippen LogP contribution is -2.37. The molecule has 1 aliphatic carbocycles. The average Bonchev–Trinajstić information content (AvgIpc) is 2.93. The van der Waals surface area contributed by atoms with Gasteiger partial charge in [-0.2, -0.15) is 5.10 Å². The summed E-state index contributed by atoms with van der Waals surface area (Å²) in [6, 6.07) is 0. The van der Waals surface area contributed by atoms with Gasteiger partial charge in [-0.05, 0) is 50.5 Å². The number of nitrogens with two attached hydrogens (primary N) is 1. The van der Waals surface area contributed by atoms with Crippen molar-refractivity contribution in [2.45, 2.75) is 71.8 Å². The quantitative estimate of drug-likeness (QED) is 0.833. The SMILES string of the molecule is CCCCC1CCC(CN)(Cc2ncnn2CC)CC1. The Balaban J connectivity index is 1.95. The van der Waals surface area contributed by atoms with Crippen LogP contribution in [0, 0.1) is 11.3 Å². The highest BCUT2D eigenvalue weighted by atomic mass is 15.3. The first-order valence-corrected chi connectivity index (χ1v) is 8.29. The fraction of sp³-hybridized carbons (Fsp3) is 0.875. The lowest BCUT2D eigenvalue weighted by atomic mass is 9.67. The zero-order chi connectivity index (χ0) is 14.4. The molecule has 1 saturated carbocycles. The van der Waals surface area contributed by atoms with Gasteiger partial charge in [0.2, 0.25) is 0 Å². The number of hydrogen-bond donors (Lipinski definition) is 1. The summed E-state index contributed by atoms with van der Waals surface area (Å²) in [5, 5.41) is 4.29. The first kappa shape index (κ1) is 15.5. The van der Waals surface area contributed by atoms with Crippen LogP contribution in [0.15, 0.2) is 6.33 Å². The summed E-state index contributed by atoms with van der Waals surface area (Å²) in [6.07, 6.45) is 12.0. The molecule has 0 spiro atoms. The minimum atomic E-state index is 0.267. The molecule has 0 unspecified atom stereocenters. The van der Waals surface area contributed by atoms with E-state index in [9.17, 15) is 0 Å². The van der Waals surface area contributed by atoms with E-state index >= 15 is 0 Å². The third kappa shape index (κ3) is 3.60. The second-order valence-electron chi connectivity index (χ2n) is 6.46. The van der Waals surface area contributed by atoms with Crippen molar-refractivity contribution in [2.24, 2.45) is 17.1 Å². The highest BCUT2D eigenvalue weighted by molar-refractivity contribution is 4.97. The smallest absolute Gasteiger partial charge is 0.138 e. The van der Waals surface area contributed by atoms with E-state index in [1.165, 1.54) is 44.9 Å². The molecule has 20 heavy (non-hydrogen) atoms. The molecule has 0 aromatic carbocycles. The molecule has 0 bridgehead atoms. The third-order valence-electron chi connectivity index (χ3n) is 5.09. The maximum Gasteiger partial charge on any atom is 0.138 e. The highest BCUT2D eigenvalue weighted by Crippen LogP contribution is 2.41. The lowest BCUT2D eigenvalue weighted by Gasteiger charge is -2.39. The average molecular weight is 278 g/mol. The van der Waals surface area contributed by atoms with Crippen LogP contribution in [0.3, 0.4) is 0 Å². The van der Waals surface area contributed by atoms with Crippen LogP contribution < -0.4 is 5.73 Å². The second-order valence-corrected chi connectivity index (χ2v) is 6.46. The van der Waals surface area contributed by atoms with E-state index in [1.807, 2.05) is 4.68 Å². The summed E-state index contributed by atoms with van der Waals surface area (Å²) in [7, 11) is 0. The van der Waals surface area contributed by atoms with E-state index < -0.39 is 0 Å². The van der Waals surface area contributed by atoms with Crippen molar-refractivity contribution in [1.29, 1.82) is 0 Å². The van der Waals surface area contributed by atoms with Crippen molar-refractivity contribution in [2.75, 3.05) is 6.54 Å². The third-order valence-corrected chi connectivity index (χ3v) is 5.09. The van der Waals surface area contributed by atoms with Crippen LogP contribution in [-0.4, -0.2) is 21.3 Å². The molecule has 1 aromatic heterocycles. The van der Waals surface area contributed by atoms with E-state index in [1.54, 1.807) is 6.33 Å². The molecule has 2 rings (SSSR count). The number of hydrogen-bond acceptors (Lipinski definition) is 3. The number of aryl methyl sites for hydroxylation is 1. The summed E-state index contributed by atoms with van der Waals surface area (Å²) >= 11 is 0. The summed E-state index contributed by atoms with van der Waals surface area (Å²) < 4.78 is 2.01. The Bertz CT molecular complexity index is 391. The minimum absolute atomic E-state index is 0.267. The molecule has 0 radical (unpaired) electrons. The van der Waals surface area contributed by atoms with Crippen LogP contribution in [0.25, 0.3) is 0 Å². The molecule has 4 heteroatoms. The van der Waals surface area contributed by atoms with Crippen molar-refractivity contribution in [3.8, 4) is 0 Å². The van der Waals surface area contributed by atoms with Crippen molar-refractivity contribution in [1.82, 2.24) is 14.8 Å². The van der Waals surface area contributed by atoms with Crippen LogP contribution in [0.4, 0.5) is 0 Å². The van der Waals surface area contributed by atoms with Gasteiger partial charge in [0, 0.05) is 13.0 Å². The van der Waals surface area contributed by atoms with Gasteiger partial charge in [0.05, 0.1) is 0 Å². The molecule has 1 fully saturated rings. The van der Waals surface area contributed by atoms with Crippen LogP contribution in [-0.2, 0) is 13.0 Å². The van der Waals surface area contributed by atoms with Gasteiger partial charge < -0.3 is 5.73 Å². The largest absolute Gasteiger partial charge is 0.330 e. The van der Waals surface area contributed by atoms with Gasteiger partial charge in [0.15, 0.2) is 0 Å². The molecule has 2 N–H and O–H groups in total. The predicted octanol–water partition coefficient (Wildman–Crippen LogP) is 3.17. The van der Waals surface area contributed by atoms with E-state index in [0.29, 0.717) is 0 Å². The van der Waals surface area contributed by atoms with E-state index in [0.717, 1.165) is 31.3 Å². The van der Waals surface area contributed by atoms with Crippen molar-refractivity contribution in [3.05, 3.63) is 12.2 Å². The standard InChI is InChI=1S/C16H30N4/c1-3-5-6-14-7-9-16(12-17,10-8-14)11-15-18-13-19-20(15)4-2/h13-14H,3-12,17H2,1-2H3. The van der Waals surface area contributed by atoms with E-state index in [2.05, 4.69) is 23.9 Å². The molecule has 4 nitrogen and oxygen atoms in total. The maximum atomic E-state index is 6.13. The summed E-state index contributed by atoms with van der Waals surface area (Å²) in [4.78, 5) is 4.44. The van der Waals surface area contributed by atoms with Gasteiger partial charge in [-0.25, -0.2) is 4.98 Å². The Labute approximate surface area is 123 Å². The predicted molar refractivity (Wildman–Crippen MR) is 82.4 cm³/mol. The van der Waals surface area contributed by atoms with Crippen LogP contribution in [0.5, 0.6) is 0 Å². The van der Waals surface area contributed by atoms with Crippen LogP contribution >= 0.6 is 0 Å². The Kier molecular flexibility index (Phi) is 5.58. The van der Waals surface area contributed by atoms with E-state index in [4.69, 9.17) is 5.73 Å². The van der Waals surface area contributed by atoms with Crippen molar-refractivity contribution in [3.63, 3.8) is 0 Å². The number of rotatable bonds is 7. The first-order valence-electron chi connectivity index (χ1n) is 8.29. The topological polar surface area (TPSA) is 56.7 Å². The Morgan fingerprint density at radius 2 is 2.10 bits per heavy atom. The molecule has 114 valence electrons. The normalized spacial score (nSPS) is 26.9. The second kappa shape index (κ2) is 7.21. The number of nitrogens with zero attached hydrogens (tertiary/aromatic N) is 3. The molecule has 1 aromatic rings. The fourth-order valence-corrected chi connectivity index (χ4v) is 3.55. The van der Waals surface area contributed by atoms with Crippen molar-refractivity contribution < 1.29 is 0 Å². The molecule has 0 aliphatic heterocycles. The molecular weight excluding hydrogens is 248 g/mol. The summed E-state index contributed by atoms with van der Waals surface area (Å²) in [5.41, 5.74) is 6.40. The molecule has 1 heterocycles. The minimum Gasteiger partial charge on any atom is -0.330 e. The zero-order valence-electron chi connectivity index (χ0n) is 13.1. The van der Waals surface area contributed by atoms with E-state index in [-0.39, 0.29) is 5.41 Å². The van der Waals surface area contributed by atoms with Gasteiger partial charge >= 0.3 is 0 Å². The Morgan fingerprint density at radius 1 is 1.35 bits per heavy atom. The maximum absolute atomic E-state index is 6.13. The van der Waals surface area contributed by atoms with Gasteiger partial charge in [0.1, 0.15) is 12.2 Å². The van der Waals surface area contributed by atoms with Gasteiger partial charge in [-0.15, -0.1) is 0 Å². The Morgan fingerprint density at radius 3 is 2.70 bits per heavy atom. The highest BCUT2D eigenvalue weighted by Gasteiger charge is 2.35. The van der Waals surface area contributed by atoms with Gasteiger partial charge in [-0.1, -0.05) is 26.2 Å². The van der Waals surface area contributed by atoms with Gasteiger partial charge in [0.25, 0.3) is 0 Å². The monoisotopic (exact) mass is 278 g/mol. The van der Waals surface area contributed by atoms with Crippen LogP contribution in [0.1, 0.15) is 64.6 Å². The fourth-order valence-electron chi connectivity index (χ4n) is 3.55. The van der Waals surface area contributed by atoms with Crippen molar-refractivity contribution >= 4 is 0 Å². The molecular formula is C16H30N4. The number of unbranched alkanes of at least 4 members (excludes halogenated alkanes) is 1. The summed E-state index contributed by atoms with van der Waals surface area (Å²) in [5.74, 6) is 2.05. The molecule has 1 aliphatic rings. The van der Waals surface area contributed by atoms with Gasteiger partial charge in [-0.3, -0.25) is 4.68 Å². The first-order chi connectivity index (χ1) is 9.73. The Hall–Kier alpha value is -0.900. The molecule has 0 atom stereocenters. The molecule has 0 saturated heterocycles. The van der Waals surface area contributed by atoms with Crippen LogP contribution in [0.2, 0.25) is 0 Å². The zero-order valence-corrected chi connectivity index (χ0v) is 13.1. The summed E-state index contributed by atoms with van der Waals surface area (Å²) in [6.45, 7) is 6.08. The molecule has 0 amide bonds. The number of aromatic nitrogens is 3. The lowest BCUT2D eigenvalue weighted by molar-refractivity contribution is 0.145.